The predicted molar refractivity (Wildman–Crippen MR) is 62.0 cm³/mol. The van der Waals surface area contributed by atoms with Crippen molar-refractivity contribution in [2.45, 2.75) is 6.92 Å². The maximum Gasteiger partial charge on any atom is 0.287 e. The van der Waals surface area contributed by atoms with Gasteiger partial charge in [-0.3, -0.25) is 10.1 Å². The van der Waals surface area contributed by atoms with Crippen LogP contribution in [0.15, 0.2) is 12.3 Å². The second-order valence-corrected chi connectivity index (χ2v) is 3.53. The smallest absolute Gasteiger partial charge is 0.287 e. The van der Waals surface area contributed by atoms with Crippen molar-refractivity contribution in [3.8, 4) is 0 Å². The lowest BCUT2D eigenvalue weighted by Gasteiger charge is -2.23. The van der Waals surface area contributed by atoms with Crippen LogP contribution in [0.5, 0.6) is 0 Å². The van der Waals surface area contributed by atoms with Crippen LogP contribution in [-0.4, -0.2) is 46.4 Å². The van der Waals surface area contributed by atoms with Crippen molar-refractivity contribution in [2.24, 2.45) is 0 Å². The van der Waals surface area contributed by atoms with Gasteiger partial charge in [0.25, 0.3) is 5.69 Å². The van der Waals surface area contributed by atoms with Gasteiger partial charge in [-0.1, -0.05) is 0 Å². The first-order valence-corrected chi connectivity index (χ1v) is 5.18. The number of anilines is 1. The molecule has 1 aromatic rings. The molecule has 1 rings (SSSR count). The van der Waals surface area contributed by atoms with Gasteiger partial charge in [-0.15, -0.1) is 0 Å². The Morgan fingerprint density at radius 3 is 2.41 bits per heavy atom. The fourth-order valence-corrected chi connectivity index (χ4v) is 1.55. The molecular formula is C10H15N3O4. The average molecular weight is 241 g/mol. The molecule has 0 unspecified atom stereocenters. The van der Waals surface area contributed by atoms with E-state index in [4.69, 9.17) is 10.2 Å². The van der Waals surface area contributed by atoms with Gasteiger partial charge >= 0.3 is 0 Å². The maximum atomic E-state index is 10.6. The monoisotopic (exact) mass is 241 g/mol. The molecule has 17 heavy (non-hydrogen) atoms. The summed E-state index contributed by atoms with van der Waals surface area (Å²) in [6.07, 6.45) is 1.17. The molecular weight excluding hydrogens is 226 g/mol. The largest absolute Gasteiger partial charge is 0.395 e. The van der Waals surface area contributed by atoms with Crippen molar-refractivity contribution in [3.63, 3.8) is 0 Å². The van der Waals surface area contributed by atoms with Crippen molar-refractivity contribution >= 4 is 11.5 Å². The summed E-state index contributed by atoms with van der Waals surface area (Å²) < 4.78 is 0. The van der Waals surface area contributed by atoms with Crippen molar-refractivity contribution < 1.29 is 15.1 Å². The Morgan fingerprint density at radius 2 is 2.00 bits per heavy atom. The van der Waals surface area contributed by atoms with E-state index in [0.29, 0.717) is 24.5 Å². The number of nitro groups is 1. The van der Waals surface area contributed by atoms with Crippen molar-refractivity contribution in [2.75, 3.05) is 31.2 Å². The summed E-state index contributed by atoms with van der Waals surface area (Å²) in [5, 5.41) is 28.4. The van der Waals surface area contributed by atoms with E-state index in [-0.39, 0.29) is 18.9 Å². The van der Waals surface area contributed by atoms with Crippen LogP contribution in [0.3, 0.4) is 0 Å². The second-order valence-electron chi connectivity index (χ2n) is 3.53. The molecule has 1 heterocycles. The first kappa shape index (κ1) is 13.3. The summed E-state index contributed by atoms with van der Waals surface area (Å²) >= 11 is 0. The van der Waals surface area contributed by atoms with Crippen molar-refractivity contribution in [3.05, 3.63) is 27.9 Å². The van der Waals surface area contributed by atoms with Crippen LogP contribution in [0, 0.1) is 17.0 Å². The molecule has 0 amide bonds. The highest BCUT2D eigenvalue weighted by molar-refractivity contribution is 5.50. The Bertz CT molecular complexity index is 391. The SMILES string of the molecule is Cc1cc([N+](=O)[O-])cnc1N(CCO)CCO. The van der Waals surface area contributed by atoms with Crippen LogP contribution < -0.4 is 4.90 Å². The van der Waals surface area contributed by atoms with Gasteiger partial charge in [-0.05, 0) is 12.5 Å². The highest BCUT2D eigenvalue weighted by Crippen LogP contribution is 2.21. The third-order valence-corrected chi connectivity index (χ3v) is 2.29. The van der Waals surface area contributed by atoms with Crippen LogP contribution in [-0.2, 0) is 0 Å². The maximum absolute atomic E-state index is 10.6. The van der Waals surface area contributed by atoms with Crippen molar-refractivity contribution in [1.82, 2.24) is 4.98 Å². The number of aliphatic hydroxyl groups excluding tert-OH is 2. The van der Waals surface area contributed by atoms with Gasteiger partial charge in [0, 0.05) is 19.2 Å². The topological polar surface area (TPSA) is 99.7 Å². The zero-order chi connectivity index (χ0) is 12.8. The van der Waals surface area contributed by atoms with Crippen LogP contribution >= 0.6 is 0 Å². The van der Waals surface area contributed by atoms with Gasteiger partial charge in [0.05, 0.1) is 18.1 Å². The molecule has 0 fully saturated rings. The van der Waals surface area contributed by atoms with E-state index in [2.05, 4.69) is 4.98 Å². The quantitative estimate of drug-likeness (QED) is 0.541. The molecule has 2 N–H and O–H groups in total. The molecule has 7 nitrogen and oxygen atoms in total. The molecule has 0 aromatic carbocycles. The third-order valence-electron chi connectivity index (χ3n) is 2.29. The van der Waals surface area contributed by atoms with Gasteiger partial charge in [0.15, 0.2) is 0 Å². The van der Waals surface area contributed by atoms with E-state index in [0.717, 1.165) is 0 Å². The minimum Gasteiger partial charge on any atom is -0.395 e. The van der Waals surface area contributed by atoms with E-state index in [1.165, 1.54) is 12.3 Å². The van der Waals surface area contributed by atoms with Gasteiger partial charge in [-0.25, -0.2) is 4.98 Å². The predicted octanol–water partition coefficient (Wildman–Crippen LogP) is 0.0892. The van der Waals surface area contributed by atoms with E-state index in [1.807, 2.05) is 0 Å². The minimum absolute atomic E-state index is 0.0702. The average Bonchev–Trinajstić information content (AvgIpc) is 2.28. The molecule has 0 radical (unpaired) electrons. The van der Waals surface area contributed by atoms with E-state index >= 15 is 0 Å². The van der Waals surface area contributed by atoms with Crippen molar-refractivity contribution in [1.29, 1.82) is 0 Å². The summed E-state index contributed by atoms with van der Waals surface area (Å²) in [6.45, 7) is 2.21. The molecule has 1 aromatic heterocycles. The Kier molecular flexibility index (Phi) is 4.80. The minimum atomic E-state index is -0.508. The fourth-order valence-electron chi connectivity index (χ4n) is 1.55. The molecule has 0 aliphatic carbocycles. The summed E-state index contributed by atoms with van der Waals surface area (Å²) in [6, 6.07) is 1.42. The van der Waals surface area contributed by atoms with Gasteiger partial charge in [0.1, 0.15) is 12.0 Å². The van der Waals surface area contributed by atoms with Gasteiger partial charge in [0.2, 0.25) is 0 Å². The fraction of sp³-hybridized carbons (Fsp3) is 0.500. The Balaban J connectivity index is 2.99. The number of hydrogen-bond acceptors (Lipinski definition) is 6. The molecule has 0 atom stereocenters. The number of aliphatic hydroxyl groups is 2. The molecule has 0 aliphatic heterocycles. The molecule has 0 aliphatic rings. The second kappa shape index (κ2) is 6.12. The van der Waals surface area contributed by atoms with Crippen LogP contribution in [0.4, 0.5) is 11.5 Å². The number of aryl methyl sites for hydroxylation is 1. The normalized spacial score (nSPS) is 10.3. The lowest BCUT2D eigenvalue weighted by molar-refractivity contribution is -0.385. The number of rotatable bonds is 6. The van der Waals surface area contributed by atoms with Gasteiger partial charge < -0.3 is 15.1 Å². The van der Waals surface area contributed by atoms with Crippen LogP contribution in [0.2, 0.25) is 0 Å². The number of aromatic nitrogens is 1. The molecule has 0 saturated heterocycles. The number of hydrogen-bond donors (Lipinski definition) is 2. The van der Waals surface area contributed by atoms with Crippen LogP contribution in [0.1, 0.15) is 5.56 Å². The first-order chi connectivity index (χ1) is 8.10. The molecule has 0 saturated carbocycles. The first-order valence-electron chi connectivity index (χ1n) is 5.18. The van der Waals surface area contributed by atoms with Gasteiger partial charge in [-0.2, -0.15) is 0 Å². The lowest BCUT2D eigenvalue weighted by Crippen LogP contribution is -2.31. The van der Waals surface area contributed by atoms with Crippen LogP contribution in [0.25, 0.3) is 0 Å². The number of pyridine rings is 1. The zero-order valence-corrected chi connectivity index (χ0v) is 9.54. The summed E-state index contributed by atoms with van der Waals surface area (Å²) in [5.41, 5.74) is 0.570. The highest BCUT2D eigenvalue weighted by Gasteiger charge is 2.14. The summed E-state index contributed by atoms with van der Waals surface area (Å²) in [7, 11) is 0. The zero-order valence-electron chi connectivity index (χ0n) is 9.54. The highest BCUT2D eigenvalue weighted by atomic mass is 16.6. The Morgan fingerprint density at radius 1 is 1.41 bits per heavy atom. The van der Waals surface area contributed by atoms with E-state index in [9.17, 15) is 10.1 Å². The summed E-state index contributed by atoms with van der Waals surface area (Å²) in [5.74, 6) is 0.540. The Labute approximate surface area is 98.5 Å². The Hall–Kier alpha value is -1.73. The lowest BCUT2D eigenvalue weighted by atomic mass is 10.2. The third kappa shape index (κ3) is 3.36. The molecule has 7 heteroatoms. The molecule has 0 bridgehead atoms. The molecule has 94 valence electrons. The van der Waals surface area contributed by atoms with E-state index < -0.39 is 4.92 Å². The van der Waals surface area contributed by atoms with E-state index in [1.54, 1.807) is 11.8 Å². The summed E-state index contributed by atoms with van der Waals surface area (Å²) in [4.78, 5) is 15.7. The molecule has 0 spiro atoms. The number of nitrogens with zero attached hydrogens (tertiary/aromatic N) is 3. The standard InChI is InChI=1S/C10H15N3O4/c1-8-6-9(13(16)17)7-11-10(8)12(2-4-14)3-5-15/h6-7,14-15H,2-5H2,1H3.